The second kappa shape index (κ2) is 4.22. The topological polar surface area (TPSA) is 9.23 Å². The molecule has 0 bridgehead atoms. The summed E-state index contributed by atoms with van der Waals surface area (Å²) in [5.74, 6) is -9.37. The molecule has 0 amide bonds. The van der Waals surface area contributed by atoms with Crippen LogP contribution in [0.1, 0.15) is 0 Å². The Morgan fingerprint density at radius 2 is 1.38 bits per heavy atom. The third kappa shape index (κ3) is 2.80. The molecule has 90 valence electrons. The Morgan fingerprint density at radius 3 is 1.75 bits per heavy atom. The van der Waals surface area contributed by atoms with E-state index in [4.69, 9.17) is 0 Å². The number of benzene rings is 1. The summed E-state index contributed by atoms with van der Waals surface area (Å²) in [7, 11) is 0. The van der Waals surface area contributed by atoms with Crippen LogP contribution in [0.25, 0.3) is 0 Å². The monoisotopic (exact) mass is 247 g/mol. The quantitative estimate of drug-likeness (QED) is 0.453. The lowest BCUT2D eigenvalue weighted by molar-refractivity contribution is 0.276. The van der Waals surface area contributed by atoms with Gasteiger partial charge in [0.1, 0.15) is 0 Å². The molecule has 0 fully saturated rings. The van der Waals surface area contributed by atoms with E-state index in [9.17, 15) is 30.5 Å². The van der Waals surface area contributed by atoms with E-state index in [1.165, 1.54) is 0 Å². The minimum Gasteiger partial charge on any atom is -0.517 e. The lowest BCUT2D eigenvalue weighted by Gasteiger charge is -2.16. The van der Waals surface area contributed by atoms with Crippen LogP contribution in [-0.2, 0) is 0 Å². The number of rotatable bonds is 3. The standard InChI is InChI=1S/C7H3BF7O/c9-3-1-4(10)6(12)7(5(3)11)16-2-8(13,14)15/h1H,2H2/q-1. The van der Waals surface area contributed by atoms with E-state index in [1.54, 1.807) is 0 Å². The predicted octanol–water partition coefficient (Wildman–Crippen LogP) is 3.01. The molecule has 16 heavy (non-hydrogen) atoms. The lowest BCUT2D eigenvalue weighted by Crippen LogP contribution is -2.27. The molecule has 0 aliphatic carbocycles. The molecule has 0 saturated carbocycles. The summed E-state index contributed by atoms with van der Waals surface area (Å²) < 4.78 is 89.3. The third-order valence-electron chi connectivity index (χ3n) is 1.49. The van der Waals surface area contributed by atoms with Gasteiger partial charge in [-0.3, -0.25) is 0 Å². The molecule has 0 saturated heterocycles. The maximum absolute atomic E-state index is 12.8. The van der Waals surface area contributed by atoms with Gasteiger partial charge in [-0.25, -0.2) is 8.78 Å². The van der Waals surface area contributed by atoms with Crippen LogP contribution in [0.2, 0.25) is 0 Å². The Bertz CT molecular complexity index is 376. The van der Waals surface area contributed by atoms with Crippen molar-refractivity contribution in [2.24, 2.45) is 0 Å². The zero-order valence-electron chi connectivity index (χ0n) is 7.42. The van der Waals surface area contributed by atoms with Crippen LogP contribution in [0.3, 0.4) is 0 Å². The van der Waals surface area contributed by atoms with Gasteiger partial charge in [-0.15, -0.1) is 0 Å². The largest absolute Gasteiger partial charge is 0.517 e. The van der Waals surface area contributed by atoms with Gasteiger partial charge in [0.2, 0.25) is 11.6 Å². The summed E-state index contributed by atoms with van der Waals surface area (Å²) in [4.78, 5) is 0. The van der Waals surface area contributed by atoms with Crippen LogP contribution in [0, 0.1) is 23.3 Å². The van der Waals surface area contributed by atoms with E-state index >= 15 is 0 Å². The van der Waals surface area contributed by atoms with Crippen molar-refractivity contribution < 1.29 is 35.2 Å². The molecule has 0 N–H and O–H groups in total. The third-order valence-corrected chi connectivity index (χ3v) is 1.49. The van der Waals surface area contributed by atoms with Crippen molar-refractivity contribution in [3.05, 3.63) is 29.3 Å². The Kier molecular flexibility index (Phi) is 3.34. The molecule has 0 aliphatic rings. The number of hydrogen-bond donors (Lipinski definition) is 0. The smallest absolute Gasteiger partial charge is 0.515 e. The van der Waals surface area contributed by atoms with Crippen LogP contribution in [0.15, 0.2) is 6.07 Å². The summed E-state index contributed by atoms with van der Waals surface area (Å²) in [6.45, 7) is -7.47. The Morgan fingerprint density at radius 1 is 0.938 bits per heavy atom. The van der Waals surface area contributed by atoms with Crippen LogP contribution in [0.4, 0.5) is 30.5 Å². The number of ether oxygens (including phenoxy) is 1. The predicted molar refractivity (Wildman–Crippen MR) is 40.8 cm³/mol. The van der Waals surface area contributed by atoms with Crippen molar-refractivity contribution in [1.29, 1.82) is 0 Å². The van der Waals surface area contributed by atoms with Gasteiger partial charge in [0.05, 0.1) is 6.51 Å². The van der Waals surface area contributed by atoms with E-state index in [1.807, 2.05) is 0 Å². The molecule has 0 radical (unpaired) electrons. The lowest BCUT2D eigenvalue weighted by atomic mass is 9.95. The summed E-state index contributed by atoms with van der Waals surface area (Å²) in [5.41, 5.74) is 0. The fourth-order valence-electron chi connectivity index (χ4n) is 0.856. The minimum absolute atomic E-state index is 0.129. The Hall–Kier alpha value is -1.41. The van der Waals surface area contributed by atoms with Gasteiger partial charge in [0, 0.05) is 6.07 Å². The molecule has 9 heteroatoms. The zero-order chi connectivity index (χ0) is 12.5. The number of hydrogen-bond acceptors (Lipinski definition) is 1. The highest BCUT2D eigenvalue weighted by Crippen LogP contribution is 2.27. The van der Waals surface area contributed by atoms with Gasteiger partial charge in [-0.2, -0.15) is 8.78 Å². The minimum atomic E-state index is -5.48. The van der Waals surface area contributed by atoms with E-state index in [-0.39, 0.29) is 6.07 Å². The summed E-state index contributed by atoms with van der Waals surface area (Å²) >= 11 is 0. The van der Waals surface area contributed by atoms with Gasteiger partial charge in [0.15, 0.2) is 17.4 Å². The number of halogens is 7. The van der Waals surface area contributed by atoms with Crippen molar-refractivity contribution in [2.45, 2.75) is 0 Å². The van der Waals surface area contributed by atoms with Crippen LogP contribution in [-0.4, -0.2) is 13.5 Å². The molecule has 0 heterocycles. The molecule has 0 atom stereocenters. The normalized spacial score (nSPS) is 11.7. The molecular weight excluding hydrogens is 244 g/mol. The molecule has 0 aliphatic heterocycles. The molecule has 0 spiro atoms. The van der Waals surface area contributed by atoms with Crippen molar-refractivity contribution in [2.75, 3.05) is 6.51 Å². The first-order valence-corrected chi connectivity index (χ1v) is 3.89. The van der Waals surface area contributed by atoms with Crippen molar-refractivity contribution in [1.82, 2.24) is 0 Å². The highest BCUT2D eigenvalue weighted by Gasteiger charge is 2.27. The fraction of sp³-hybridized carbons (Fsp3) is 0.143. The highest BCUT2D eigenvalue weighted by molar-refractivity contribution is 6.58. The van der Waals surface area contributed by atoms with Crippen molar-refractivity contribution in [3.63, 3.8) is 0 Å². The van der Waals surface area contributed by atoms with Gasteiger partial charge in [-0.05, 0) is 0 Å². The molecule has 1 aromatic carbocycles. The first kappa shape index (κ1) is 12.7. The SMILES string of the molecule is Fc1cc(F)c(F)c(OC[B-](F)(F)F)c1F. The van der Waals surface area contributed by atoms with Crippen LogP contribution in [0.5, 0.6) is 5.75 Å². The second-order valence-corrected chi connectivity index (χ2v) is 2.82. The molecule has 1 aromatic rings. The summed E-state index contributed by atoms with van der Waals surface area (Å²) in [5, 5.41) is 0. The molecular formula is C7H3BF7O-. The van der Waals surface area contributed by atoms with Crippen LogP contribution >= 0.6 is 0 Å². The van der Waals surface area contributed by atoms with Crippen LogP contribution < -0.4 is 4.74 Å². The Balaban J connectivity index is 3.04. The average molecular weight is 247 g/mol. The first-order valence-electron chi connectivity index (χ1n) is 3.89. The molecule has 0 aromatic heterocycles. The van der Waals surface area contributed by atoms with Crippen molar-refractivity contribution >= 4 is 6.98 Å². The second-order valence-electron chi connectivity index (χ2n) is 2.82. The molecule has 1 rings (SSSR count). The van der Waals surface area contributed by atoms with Gasteiger partial charge < -0.3 is 17.7 Å². The maximum Gasteiger partial charge on any atom is 0.515 e. The molecule has 0 unspecified atom stereocenters. The van der Waals surface area contributed by atoms with Crippen molar-refractivity contribution in [3.8, 4) is 5.75 Å². The van der Waals surface area contributed by atoms with E-state index in [2.05, 4.69) is 4.74 Å². The zero-order valence-corrected chi connectivity index (χ0v) is 7.42. The van der Waals surface area contributed by atoms with E-state index < -0.39 is 42.5 Å². The summed E-state index contributed by atoms with van der Waals surface area (Å²) in [6.07, 6.45) is 0. The highest BCUT2D eigenvalue weighted by atomic mass is 19.4. The van der Waals surface area contributed by atoms with E-state index in [0.717, 1.165) is 0 Å². The molecule has 1 nitrogen and oxygen atoms in total. The average Bonchev–Trinajstić information content (AvgIpc) is 2.13. The van der Waals surface area contributed by atoms with Gasteiger partial charge in [0.25, 0.3) is 0 Å². The summed E-state index contributed by atoms with van der Waals surface area (Å²) in [6, 6.07) is -0.129. The Labute approximate surface area is 84.9 Å². The fourth-order valence-corrected chi connectivity index (χ4v) is 0.856. The van der Waals surface area contributed by atoms with Gasteiger partial charge in [-0.1, -0.05) is 0 Å². The first-order chi connectivity index (χ1) is 7.22. The maximum atomic E-state index is 12.8. The van der Waals surface area contributed by atoms with E-state index in [0.29, 0.717) is 0 Å². The van der Waals surface area contributed by atoms with Gasteiger partial charge >= 0.3 is 6.98 Å².